The summed E-state index contributed by atoms with van der Waals surface area (Å²) in [6.45, 7) is 5.90. The van der Waals surface area contributed by atoms with Gasteiger partial charge in [0.15, 0.2) is 0 Å². The highest BCUT2D eigenvalue weighted by Gasteiger charge is 2.42. The number of benzene rings is 1. The lowest BCUT2D eigenvalue weighted by Gasteiger charge is -2.43. The quantitative estimate of drug-likeness (QED) is 0.628. The SMILES string of the molecule is CCS(=O)(=O)N1CCCC(COc2ccc(Cl)cc2)(CC(=O)N2CCN(C)CC2)C1. The summed E-state index contributed by atoms with van der Waals surface area (Å²) in [5, 5.41) is 0.625. The molecule has 30 heavy (non-hydrogen) atoms. The maximum absolute atomic E-state index is 13.1. The lowest BCUT2D eigenvalue weighted by Crippen LogP contribution is -2.53. The molecule has 0 aromatic heterocycles. The summed E-state index contributed by atoms with van der Waals surface area (Å²) in [6, 6.07) is 7.10. The number of ether oxygens (including phenoxy) is 1. The molecule has 0 aliphatic carbocycles. The van der Waals surface area contributed by atoms with Crippen molar-refractivity contribution < 1.29 is 17.9 Å². The topological polar surface area (TPSA) is 70.2 Å². The normalized spacial score (nSPS) is 24.0. The van der Waals surface area contributed by atoms with Crippen molar-refractivity contribution in [2.75, 3.05) is 58.7 Å². The number of nitrogens with zero attached hydrogens (tertiary/aromatic N) is 3. The van der Waals surface area contributed by atoms with Gasteiger partial charge in [-0.3, -0.25) is 4.79 Å². The maximum atomic E-state index is 13.1. The third-order valence-electron chi connectivity index (χ3n) is 6.13. The van der Waals surface area contributed by atoms with Crippen molar-refractivity contribution in [3.05, 3.63) is 29.3 Å². The van der Waals surface area contributed by atoms with Crippen LogP contribution >= 0.6 is 11.6 Å². The zero-order valence-electron chi connectivity index (χ0n) is 17.8. The molecule has 2 fully saturated rings. The van der Waals surface area contributed by atoms with Gasteiger partial charge < -0.3 is 14.5 Å². The number of hydrogen-bond acceptors (Lipinski definition) is 5. The maximum Gasteiger partial charge on any atom is 0.223 e. The third-order valence-corrected chi connectivity index (χ3v) is 8.21. The van der Waals surface area contributed by atoms with Crippen molar-refractivity contribution in [3.63, 3.8) is 0 Å². The highest BCUT2D eigenvalue weighted by atomic mass is 35.5. The molecule has 2 aliphatic rings. The van der Waals surface area contributed by atoms with Gasteiger partial charge >= 0.3 is 0 Å². The van der Waals surface area contributed by atoms with Gasteiger partial charge in [-0.15, -0.1) is 0 Å². The van der Waals surface area contributed by atoms with Gasteiger partial charge in [0.1, 0.15) is 5.75 Å². The largest absolute Gasteiger partial charge is 0.493 e. The number of halogens is 1. The second-order valence-corrected chi connectivity index (χ2v) is 11.1. The summed E-state index contributed by atoms with van der Waals surface area (Å²) in [4.78, 5) is 17.2. The van der Waals surface area contributed by atoms with Gasteiger partial charge in [-0.1, -0.05) is 11.6 Å². The zero-order valence-corrected chi connectivity index (χ0v) is 19.4. The lowest BCUT2D eigenvalue weighted by atomic mass is 9.78. The van der Waals surface area contributed by atoms with E-state index in [0.717, 1.165) is 25.9 Å². The van der Waals surface area contributed by atoms with Crippen LogP contribution in [0.4, 0.5) is 0 Å². The standard InChI is InChI=1S/C21H32ClN3O4S/c1-3-30(27,28)25-10-4-9-21(16-25,17-29-19-7-5-18(22)6-8-19)15-20(26)24-13-11-23(2)12-14-24/h5-8H,3-4,9-17H2,1-2H3. The Kier molecular flexibility index (Phi) is 7.66. The minimum atomic E-state index is -3.32. The van der Waals surface area contributed by atoms with Crippen molar-refractivity contribution in [1.29, 1.82) is 0 Å². The van der Waals surface area contributed by atoms with Crippen LogP contribution in [0.3, 0.4) is 0 Å². The number of hydrogen-bond donors (Lipinski definition) is 0. The Hall–Kier alpha value is -1.35. The van der Waals surface area contributed by atoms with Crippen LogP contribution in [0.25, 0.3) is 0 Å². The Morgan fingerprint density at radius 3 is 2.43 bits per heavy atom. The molecule has 1 unspecified atom stereocenters. The second-order valence-electron chi connectivity index (χ2n) is 8.44. The first-order valence-electron chi connectivity index (χ1n) is 10.6. The molecule has 0 saturated carbocycles. The van der Waals surface area contributed by atoms with E-state index in [1.165, 1.54) is 0 Å². The molecule has 0 bridgehead atoms. The molecule has 1 aromatic carbocycles. The van der Waals surface area contributed by atoms with Gasteiger partial charge in [0.25, 0.3) is 0 Å². The number of carbonyl (C=O) groups is 1. The van der Waals surface area contributed by atoms with Crippen molar-refractivity contribution in [1.82, 2.24) is 14.1 Å². The molecule has 1 aromatic rings. The predicted molar refractivity (Wildman–Crippen MR) is 118 cm³/mol. The monoisotopic (exact) mass is 457 g/mol. The van der Waals surface area contributed by atoms with E-state index in [9.17, 15) is 13.2 Å². The van der Waals surface area contributed by atoms with Gasteiger partial charge in [-0.2, -0.15) is 0 Å². The number of carbonyl (C=O) groups excluding carboxylic acids is 1. The van der Waals surface area contributed by atoms with Crippen molar-refractivity contribution in [2.24, 2.45) is 5.41 Å². The molecule has 2 aliphatic heterocycles. The summed E-state index contributed by atoms with van der Waals surface area (Å²) in [5.74, 6) is 0.813. The van der Waals surface area contributed by atoms with Crippen molar-refractivity contribution in [3.8, 4) is 5.75 Å². The van der Waals surface area contributed by atoms with Gasteiger partial charge in [0.05, 0.1) is 12.4 Å². The second kappa shape index (κ2) is 9.85. The Morgan fingerprint density at radius 2 is 1.80 bits per heavy atom. The van der Waals surface area contributed by atoms with Crippen molar-refractivity contribution in [2.45, 2.75) is 26.2 Å². The van der Waals surface area contributed by atoms with Crippen LogP contribution in [-0.4, -0.2) is 87.1 Å². The Balaban J connectivity index is 1.76. The molecular weight excluding hydrogens is 426 g/mol. The lowest BCUT2D eigenvalue weighted by molar-refractivity contribution is -0.136. The minimum absolute atomic E-state index is 0.0630. The first-order valence-corrected chi connectivity index (χ1v) is 12.5. The molecule has 7 nitrogen and oxygen atoms in total. The summed E-state index contributed by atoms with van der Waals surface area (Å²) < 4.78 is 32.7. The van der Waals surface area contributed by atoms with Gasteiger partial charge in [-0.25, -0.2) is 12.7 Å². The Morgan fingerprint density at radius 1 is 1.13 bits per heavy atom. The van der Waals surface area contributed by atoms with Crippen LogP contribution in [0.1, 0.15) is 26.2 Å². The molecule has 2 saturated heterocycles. The molecule has 0 N–H and O–H groups in total. The number of piperidine rings is 1. The molecule has 0 radical (unpaired) electrons. The molecule has 3 rings (SSSR count). The van der Waals surface area contributed by atoms with Crippen LogP contribution in [0, 0.1) is 5.41 Å². The number of sulfonamides is 1. The third kappa shape index (κ3) is 5.87. The highest BCUT2D eigenvalue weighted by Crippen LogP contribution is 2.36. The van der Waals surface area contributed by atoms with Gasteiger partial charge in [0, 0.05) is 56.1 Å². The van der Waals surface area contributed by atoms with E-state index in [0.29, 0.717) is 50.0 Å². The molecule has 9 heteroatoms. The van der Waals surface area contributed by atoms with Crippen LogP contribution in [0.15, 0.2) is 24.3 Å². The first kappa shape index (κ1) is 23.3. The fourth-order valence-corrected chi connectivity index (χ4v) is 5.52. The van der Waals surface area contributed by atoms with E-state index in [2.05, 4.69) is 11.9 Å². The molecule has 2 heterocycles. The van der Waals surface area contributed by atoms with Crippen LogP contribution in [0.5, 0.6) is 5.75 Å². The van der Waals surface area contributed by atoms with Crippen LogP contribution < -0.4 is 4.74 Å². The van der Waals surface area contributed by atoms with E-state index < -0.39 is 15.4 Å². The number of rotatable bonds is 7. The zero-order chi connectivity index (χ0) is 21.8. The van der Waals surface area contributed by atoms with Gasteiger partial charge in [-0.05, 0) is 51.1 Å². The number of likely N-dealkylation sites (N-methyl/N-ethyl adjacent to an activating group) is 1. The fraction of sp³-hybridized carbons (Fsp3) is 0.667. The molecule has 0 spiro atoms. The average molecular weight is 458 g/mol. The van der Waals surface area contributed by atoms with E-state index >= 15 is 0 Å². The summed E-state index contributed by atoms with van der Waals surface area (Å²) in [5.41, 5.74) is -0.541. The minimum Gasteiger partial charge on any atom is -0.493 e. The first-order chi connectivity index (χ1) is 14.2. The Bertz CT molecular complexity index is 825. The summed E-state index contributed by atoms with van der Waals surface area (Å²) in [6.07, 6.45) is 1.77. The van der Waals surface area contributed by atoms with Crippen LogP contribution in [0.2, 0.25) is 5.02 Å². The smallest absolute Gasteiger partial charge is 0.223 e. The van der Waals surface area contributed by atoms with Crippen LogP contribution in [-0.2, 0) is 14.8 Å². The number of amides is 1. The molecule has 1 amide bonds. The van der Waals surface area contributed by atoms with Gasteiger partial charge in [0.2, 0.25) is 15.9 Å². The Labute approximate surface area is 185 Å². The van der Waals surface area contributed by atoms with E-state index in [1.807, 2.05) is 4.90 Å². The molecular formula is C21H32ClN3O4S. The summed E-state index contributed by atoms with van der Waals surface area (Å²) in [7, 11) is -1.27. The fourth-order valence-electron chi connectivity index (χ4n) is 4.15. The van der Waals surface area contributed by atoms with E-state index in [-0.39, 0.29) is 11.7 Å². The number of piperazine rings is 1. The predicted octanol–water partition coefficient (Wildman–Crippen LogP) is 2.31. The average Bonchev–Trinajstić information content (AvgIpc) is 2.74. The van der Waals surface area contributed by atoms with Crippen molar-refractivity contribution >= 4 is 27.5 Å². The summed E-state index contributed by atoms with van der Waals surface area (Å²) >= 11 is 5.96. The highest BCUT2D eigenvalue weighted by molar-refractivity contribution is 7.89. The van der Waals surface area contributed by atoms with E-state index in [1.54, 1.807) is 35.5 Å². The molecule has 168 valence electrons. The van der Waals surface area contributed by atoms with E-state index in [4.69, 9.17) is 16.3 Å². The molecule has 1 atom stereocenters.